The molecule has 2 aliphatic rings. The zero-order valence-corrected chi connectivity index (χ0v) is 9.26. The van der Waals surface area contributed by atoms with Gasteiger partial charge in [0.25, 0.3) is 0 Å². The van der Waals surface area contributed by atoms with Gasteiger partial charge in [0, 0.05) is 0 Å². The van der Waals surface area contributed by atoms with Crippen LogP contribution in [-0.2, 0) is 0 Å². The highest BCUT2D eigenvalue weighted by Gasteiger charge is 2.31. The Hall–Kier alpha value is 0. The summed E-state index contributed by atoms with van der Waals surface area (Å²) in [7, 11) is 0. The number of hydrogen-bond acceptors (Lipinski definition) is 0. The van der Waals surface area contributed by atoms with Crippen LogP contribution in [0.4, 0.5) is 0 Å². The Kier molecular flexibility index (Phi) is 4.47. The fourth-order valence-electron chi connectivity index (χ4n) is 3.50. The van der Waals surface area contributed by atoms with Crippen LogP contribution < -0.4 is 0 Å². The van der Waals surface area contributed by atoms with E-state index < -0.39 is 0 Å². The first-order chi connectivity index (χ1) is 6.25. The molecule has 0 heteroatoms. The van der Waals surface area contributed by atoms with Gasteiger partial charge in [-0.05, 0) is 42.9 Å². The highest BCUT2D eigenvalue weighted by molar-refractivity contribution is 4.82. The molecular formula is C14H28. The lowest BCUT2D eigenvalue weighted by Gasteiger charge is -2.35. The van der Waals surface area contributed by atoms with Crippen molar-refractivity contribution in [1.29, 1.82) is 0 Å². The third-order valence-electron chi connectivity index (χ3n) is 4.36. The first-order valence-electron chi connectivity index (χ1n) is 6.25. The molecule has 0 saturated heterocycles. The van der Waals surface area contributed by atoms with Crippen molar-refractivity contribution >= 4 is 0 Å². The standard InChI is InChI=1S/C13H24.CH4/c1-10(2)13-8-11-5-3-4-6-12(7-11)9-13;/h10-13H,3-9H2,1-2H3;1H4/t11-,12+,13?;. The van der Waals surface area contributed by atoms with Gasteiger partial charge in [-0.2, -0.15) is 0 Å². The van der Waals surface area contributed by atoms with E-state index in [-0.39, 0.29) is 7.43 Å². The van der Waals surface area contributed by atoms with E-state index in [1.807, 2.05) is 0 Å². The topological polar surface area (TPSA) is 0 Å². The van der Waals surface area contributed by atoms with Crippen LogP contribution in [0.25, 0.3) is 0 Å². The van der Waals surface area contributed by atoms with Gasteiger partial charge in [-0.3, -0.25) is 0 Å². The van der Waals surface area contributed by atoms with Crippen molar-refractivity contribution in [1.82, 2.24) is 0 Å². The van der Waals surface area contributed by atoms with Crippen molar-refractivity contribution in [3.63, 3.8) is 0 Å². The van der Waals surface area contributed by atoms with Crippen LogP contribution in [0.5, 0.6) is 0 Å². The smallest absolute Gasteiger partial charge is 0.0386 e. The average Bonchev–Trinajstić information content (AvgIpc) is 2.26. The summed E-state index contributed by atoms with van der Waals surface area (Å²) in [5, 5.41) is 0. The maximum atomic E-state index is 2.42. The molecule has 0 nitrogen and oxygen atoms in total. The van der Waals surface area contributed by atoms with Crippen LogP contribution in [0.15, 0.2) is 0 Å². The molecule has 0 heterocycles. The van der Waals surface area contributed by atoms with Crippen molar-refractivity contribution in [2.75, 3.05) is 0 Å². The molecule has 0 aliphatic heterocycles. The molecule has 2 saturated carbocycles. The van der Waals surface area contributed by atoms with E-state index in [4.69, 9.17) is 0 Å². The molecule has 1 unspecified atom stereocenters. The van der Waals surface area contributed by atoms with Gasteiger partial charge >= 0.3 is 0 Å². The van der Waals surface area contributed by atoms with Crippen LogP contribution in [-0.4, -0.2) is 0 Å². The molecule has 2 rings (SSSR count). The van der Waals surface area contributed by atoms with E-state index in [1.165, 1.54) is 12.8 Å². The highest BCUT2D eigenvalue weighted by atomic mass is 14.4. The van der Waals surface area contributed by atoms with E-state index in [2.05, 4.69) is 13.8 Å². The van der Waals surface area contributed by atoms with E-state index in [9.17, 15) is 0 Å². The zero-order chi connectivity index (χ0) is 9.26. The molecule has 0 aromatic carbocycles. The average molecular weight is 196 g/mol. The maximum Gasteiger partial charge on any atom is -0.0386 e. The first kappa shape index (κ1) is 12.1. The molecule has 0 N–H and O–H groups in total. The Morgan fingerprint density at radius 1 is 0.857 bits per heavy atom. The predicted octanol–water partition coefficient (Wildman–Crippen LogP) is 4.89. The van der Waals surface area contributed by atoms with E-state index in [0.717, 1.165) is 23.7 Å². The molecule has 2 bridgehead atoms. The van der Waals surface area contributed by atoms with Crippen molar-refractivity contribution < 1.29 is 0 Å². The third-order valence-corrected chi connectivity index (χ3v) is 4.36. The van der Waals surface area contributed by atoms with E-state index in [1.54, 1.807) is 32.1 Å². The molecule has 0 aromatic rings. The lowest BCUT2D eigenvalue weighted by Crippen LogP contribution is -2.24. The minimum atomic E-state index is 0. The SMILES string of the molecule is C.CC(C)C1C[C@H]2CCCC[C@@H](C1)C2. The van der Waals surface area contributed by atoms with Gasteiger partial charge in [0.15, 0.2) is 0 Å². The number of rotatable bonds is 1. The molecular weight excluding hydrogens is 168 g/mol. The van der Waals surface area contributed by atoms with Crippen LogP contribution in [0.3, 0.4) is 0 Å². The molecule has 0 amide bonds. The van der Waals surface area contributed by atoms with Gasteiger partial charge in [-0.1, -0.05) is 47.0 Å². The van der Waals surface area contributed by atoms with Gasteiger partial charge < -0.3 is 0 Å². The summed E-state index contributed by atoms with van der Waals surface area (Å²) in [5.74, 6) is 4.20. The second-order valence-corrected chi connectivity index (χ2v) is 5.73. The summed E-state index contributed by atoms with van der Waals surface area (Å²) in [4.78, 5) is 0. The predicted molar refractivity (Wildman–Crippen MR) is 64.4 cm³/mol. The Bertz CT molecular complexity index is 145. The van der Waals surface area contributed by atoms with Gasteiger partial charge in [0.1, 0.15) is 0 Å². The van der Waals surface area contributed by atoms with Gasteiger partial charge in [-0.25, -0.2) is 0 Å². The third kappa shape index (κ3) is 2.74. The molecule has 0 spiro atoms. The summed E-state index contributed by atoms with van der Waals surface area (Å²) in [6.07, 6.45) is 10.8. The quantitative estimate of drug-likeness (QED) is 0.560. The van der Waals surface area contributed by atoms with Gasteiger partial charge in [0.05, 0.1) is 0 Å². The molecule has 3 atom stereocenters. The van der Waals surface area contributed by atoms with Crippen molar-refractivity contribution in [2.45, 2.75) is 66.2 Å². The lowest BCUT2D eigenvalue weighted by molar-refractivity contribution is 0.160. The molecule has 0 radical (unpaired) electrons. The summed E-state index contributed by atoms with van der Waals surface area (Å²) in [6, 6.07) is 0. The zero-order valence-electron chi connectivity index (χ0n) is 9.26. The van der Waals surface area contributed by atoms with Crippen LogP contribution in [0.2, 0.25) is 0 Å². The second-order valence-electron chi connectivity index (χ2n) is 5.73. The summed E-state index contributed by atoms with van der Waals surface area (Å²) >= 11 is 0. The Morgan fingerprint density at radius 2 is 1.36 bits per heavy atom. The highest BCUT2D eigenvalue weighted by Crippen LogP contribution is 2.43. The molecule has 84 valence electrons. The first-order valence-corrected chi connectivity index (χ1v) is 6.25. The van der Waals surface area contributed by atoms with Gasteiger partial charge in [-0.15, -0.1) is 0 Å². The van der Waals surface area contributed by atoms with Crippen molar-refractivity contribution in [2.24, 2.45) is 23.7 Å². The Labute approximate surface area is 90.5 Å². The second kappa shape index (κ2) is 5.19. The number of hydrogen-bond donors (Lipinski definition) is 0. The molecule has 2 fully saturated rings. The molecule has 0 aromatic heterocycles. The van der Waals surface area contributed by atoms with E-state index in [0.29, 0.717) is 0 Å². The van der Waals surface area contributed by atoms with E-state index >= 15 is 0 Å². The van der Waals surface area contributed by atoms with Crippen molar-refractivity contribution in [3.8, 4) is 0 Å². The van der Waals surface area contributed by atoms with Crippen LogP contribution in [0.1, 0.15) is 66.2 Å². The largest absolute Gasteiger partial charge is 0.0776 e. The Balaban J connectivity index is 0.000000980. The fourth-order valence-corrected chi connectivity index (χ4v) is 3.50. The maximum absolute atomic E-state index is 2.42. The summed E-state index contributed by atoms with van der Waals surface area (Å²) in [6.45, 7) is 4.84. The fraction of sp³-hybridized carbons (Fsp3) is 1.00. The van der Waals surface area contributed by atoms with Gasteiger partial charge in [0.2, 0.25) is 0 Å². The summed E-state index contributed by atoms with van der Waals surface area (Å²) < 4.78 is 0. The van der Waals surface area contributed by atoms with Crippen molar-refractivity contribution in [3.05, 3.63) is 0 Å². The molecule has 14 heavy (non-hydrogen) atoms. The molecule has 2 aliphatic carbocycles. The normalized spacial score (nSPS) is 37.5. The number of fused-ring (bicyclic) bond motifs is 2. The summed E-state index contributed by atoms with van der Waals surface area (Å²) in [5.41, 5.74) is 0. The van der Waals surface area contributed by atoms with Crippen LogP contribution >= 0.6 is 0 Å². The minimum absolute atomic E-state index is 0. The minimum Gasteiger partial charge on any atom is -0.0776 e. The monoisotopic (exact) mass is 196 g/mol. The van der Waals surface area contributed by atoms with Crippen LogP contribution in [0, 0.1) is 23.7 Å². The Morgan fingerprint density at radius 3 is 1.79 bits per heavy atom. The lowest BCUT2D eigenvalue weighted by atomic mass is 9.71.